The zero-order valence-electron chi connectivity index (χ0n) is 10.6. The van der Waals surface area contributed by atoms with Gasteiger partial charge in [-0.2, -0.15) is 4.39 Å². The molecule has 0 fully saturated rings. The van der Waals surface area contributed by atoms with Crippen LogP contribution >= 0.6 is 0 Å². The van der Waals surface area contributed by atoms with Crippen LogP contribution in [-0.4, -0.2) is 4.98 Å². The van der Waals surface area contributed by atoms with Crippen molar-refractivity contribution in [3.63, 3.8) is 0 Å². The van der Waals surface area contributed by atoms with Gasteiger partial charge in [0.05, 0.1) is 0 Å². The molecule has 0 aliphatic rings. The number of aryl methyl sites for hydroxylation is 1. The molecule has 2 aromatic rings. The van der Waals surface area contributed by atoms with Gasteiger partial charge >= 0.3 is 0 Å². The van der Waals surface area contributed by atoms with Crippen molar-refractivity contribution in [2.24, 2.45) is 0 Å². The monoisotopic (exact) mass is 257 g/mol. The minimum Gasteiger partial charge on any atom is -0.224 e. The first-order valence-electron chi connectivity index (χ1n) is 6.11. The van der Waals surface area contributed by atoms with Crippen LogP contribution in [0, 0.1) is 23.6 Å². The largest absolute Gasteiger partial charge is 0.248 e. The molecule has 3 heteroatoms. The van der Waals surface area contributed by atoms with E-state index in [-0.39, 0.29) is 0 Å². The van der Waals surface area contributed by atoms with Crippen molar-refractivity contribution < 1.29 is 8.78 Å². The molecule has 19 heavy (non-hydrogen) atoms. The van der Waals surface area contributed by atoms with E-state index in [1.807, 2.05) is 24.3 Å². The first-order chi connectivity index (χ1) is 9.19. The lowest BCUT2D eigenvalue weighted by molar-refractivity contribution is 0.479. The third kappa shape index (κ3) is 3.62. The normalized spacial score (nSPS) is 9.84. The van der Waals surface area contributed by atoms with Crippen LogP contribution < -0.4 is 0 Å². The lowest BCUT2D eigenvalue weighted by Gasteiger charge is -1.97. The summed E-state index contributed by atoms with van der Waals surface area (Å²) in [6.45, 7) is 2.13. The highest BCUT2D eigenvalue weighted by atomic mass is 19.2. The van der Waals surface area contributed by atoms with Crippen LogP contribution in [0.15, 0.2) is 36.5 Å². The predicted octanol–water partition coefficient (Wildman–Crippen LogP) is 3.71. The Morgan fingerprint density at radius 3 is 2.37 bits per heavy atom. The molecular weight excluding hydrogens is 244 g/mol. The molecule has 0 amide bonds. The summed E-state index contributed by atoms with van der Waals surface area (Å²) in [5.41, 5.74) is 2.46. The van der Waals surface area contributed by atoms with Gasteiger partial charge in [0.1, 0.15) is 0 Å². The van der Waals surface area contributed by atoms with Crippen molar-refractivity contribution in [3.8, 4) is 11.8 Å². The van der Waals surface area contributed by atoms with Gasteiger partial charge in [-0.25, -0.2) is 9.37 Å². The summed E-state index contributed by atoms with van der Waals surface area (Å²) in [6.07, 6.45) is 3.36. The van der Waals surface area contributed by atoms with Gasteiger partial charge in [0.25, 0.3) is 0 Å². The van der Waals surface area contributed by atoms with Crippen molar-refractivity contribution in [1.29, 1.82) is 0 Å². The van der Waals surface area contributed by atoms with Gasteiger partial charge in [-0.15, -0.1) is 0 Å². The fourth-order valence-electron chi connectivity index (χ4n) is 1.68. The van der Waals surface area contributed by atoms with E-state index in [2.05, 4.69) is 23.7 Å². The third-order valence-electron chi connectivity index (χ3n) is 2.64. The molecule has 0 radical (unpaired) electrons. The molecule has 0 aliphatic carbocycles. The second-order valence-corrected chi connectivity index (χ2v) is 4.19. The van der Waals surface area contributed by atoms with Crippen LogP contribution in [0.5, 0.6) is 0 Å². The summed E-state index contributed by atoms with van der Waals surface area (Å²) in [5.74, 6) is 3.58. The highest BCUT2D eigenvalue weighted by Gasteiger charge is 2.01. The Morgan fingerprint density at radius 1 is 1.05 bits per heavy atom. The third-order valence-corrected chi connectivity index (χ3v) is 2.64. The molecule has 2 rings (SSSR count). The topological polar surface area (TPSA) is 12.9 Å². The summed E-state index contributed by atoms with van der Waals surface area (Å²) >= 11 is 0. The summed E-state index contributed by atoms with van der Waals surface area (Å²) in [6, 6.07) is 8.94. The fraction of sp³-hybridized carbons (Fsp3) is 0.188. The highest BCUT2D eigenvalue weighted by Crippen LogP contribution is 2.07. The first-order valence-corrected chi connectivity index (χ1v) is 6.11. The lowest BCUT2D eigenvalue weighted by Crippen LogP contribution is -1.90. The van der Waals surface area contributed by atoms with Gasteiger partial charge in [-0.3, -0.25) is 0 Å². The van der Waals surface area contributed by atoms with E-state index >= 15 is 0 Å². The summed E-state index contributed by atoms with van der Waals surface area (Å²) < 4.78 is 25.6. The Balaban J connectivity index is 2.16. The Hall–Kier alpha value is -2.21. The fourth-order valence-corrected chi connectivity index (χ4v) is 1.68. The minimum absolute atomic E-state index is 0.358. The van der Waals surface area contributed by atoms with Crippen molar-refractivity contribution in [2.75, 3.05) is 0 Å². The molecule has 0 spiro atoms. The van der Waals surface area contributed by atoms with E-state index in [0.717, 1.165) is 24.5 Å². The Bertz CT molecular complexity index is 621. The summed E-state index contributed by atoms with van der Waals surface area (Å²) in [7, 11) is 0. The smallest absolute Gasteiger partial charge is 0.224 e. The second-order valence-electron chi connectivity index (χ2n) is 4.19. The Labute approximate surface area is 111 Å². The standard InChI is InChI=1S/C16H13F2N/c1-2-3-12-4-6-13(7-5-12)8-9-14-10-15(17)16(18)19-11-14/h4-7,10-11H,2-3H2,1H3. The number of halogens is 2. The molecule has 0 bridgehead atoms. The molecule has 1 aromatic heterocycles. The lowest BCUT2D eigenvalue weighted by atomic mass is 10.1. The number of hydrogen-bond donors (Lipinski definition) is 0. The zero-order chi connectivity index (χ0) is 13.7. The van der Waals surface area contributed by atoms with E-state index in [0.29, 0.717) is 5.56 Å². The Morgan fingerprint density at radius 2 is 1.74 bits per heavy atom. The second kappa shape index (κ2) is 6.10. The molecule has 0 saturated carbocycles. The van der Waals surface area contributed by atoms with Gasteiger partial charge in [0, 0.05) is 17.3 Å². The minimum atomic E-state index is -1.10. The molecule has 1 heterocycles. The van der Waals surface area contributed by atoms with E-state index in [1.54, 1.807) is 0 Å². The number of nitrogens with zero attached hydrogens (tertiary/aromatic N) is 1. The molecule has 96 valence electrons. The van der Waals surface area contributed by atoms with Crippen LogP contribution in [-0.2, 0) is 6.42 Å². The molecule has 1 aromatic carbocycles. The quantitative estimate of drug-likeness (QED) is 0.590. The van der Waals surface area contributed by atoms with Crippen LogP contribution in [0.2, 0.25) is 0 Å². The molecule has 0 saturated heterocycles. The number of hydrogen-bond acceptors (Lipinski definition) is 1. The van der Waals surface area contributed by atoms with Crippen molar-refractivity contribution in [3.05, 3.63) is 65.0 Å². The molecule has 0 aliphatic heterocycles. The predicted molar refractivity (Wildman–Crippen MR) is 70.6 cm³/mol. The maximum Gasteiger partial charge on any atom is 0.248 e. The average molecular weight is 257 g/mol. The SMILES string of the molecule is CCCc1ccc(C#Cc2cnc(F)c(F)c2)cc1. The first kappa shape index (κ1) is 13.2. The zero-order valence-corrected chi connectivity index (χ0v) is 10.6. The van der Waals surface area contributed by atoms with Crippen LogP contribution in [0.3, 0.4) is 0 Å². The van der Waals surface area contributed by atoms with Gasteiger partial charge in [0.15, 0.2) is 5.82 Å². The van der Waals surface area contributed by atoms with Crippen LogP contribution in [0.4, 0.5) is 8.78 Å². The van der Waals surface area contributed by atoms with Gasteiger partial charge in [0.2, 0.25) is 5.95 Å². The van der Waals surface area contributed by atoms with Crippen LogP contribution in [0.1, 0.15) is 30.0 Å². The molecule has 0 atom stereocenters. The van der Waals surface area contributed by atoms with E-state index in [4.69, 9.17) is 0 Å². The van der Waals surface area contributed by atoms with Crippen molar-refractivity contribution in [2.45, 2.75) is 19.8 Å². The van der Waals surface area contributed by atoms with Gasteiger partial charge < -0.3 is 0 Å². The van der Waals surface area contributed by atoms with Gasteiger partial charge in [-0.05, 0) is 30.2 Å². The van der Waals surface area contributed by atoms with Gasteiger partial charge in [-0.1, -0.05) is 37.3 Å². The molecule has 1 nitrogen and oxygen atoms in total. The maximum absolute atomic E-state index is 12.9. The molecule has 0 unspecified atom stereocenters. The van der Waals surface area contributed by atoms with E-state index in [1.165, 1.54) is 11.8 Å². The number of rotatable bonds is 2. The van der Waals surface area contributed by atoms with Crippen molar-refractivity contribution in [1.82, 2.24) is 4.98 Å². The van der Waals surface area contributed by atoms with E-state index < -0.39 is 11.8 Å². The summed E-state index contributed by atoms with van der Waals surface area (Å²) in [4.78, 5) is 3.29. The maximum atomic E-state index is 12.9. The van der Waals surface area contributed by atoms with Crippen LogP contribution in [0.25, 0.3) is 0 Å². The summed E-state index contributed by atoms with van der Waals surface area (Å²) in [5, 5.41) is 0. The number of pyridine rings is 1. The molecular formula is C16H13F2N. The highest BCUT2D eigenvalue weighted by molar-refractivity contribution is 5.42. The molecule has 0 N–H and O–H groups in total. The van der Waals surface area contributed by atoms with Crippen molar-refractivity contribution >= 4 is 0 Å². The van der Waals surface area contributed by atoms with E-state index in [9.17, 15) is 8.78 Å². The number of aromatic nitrogens is 1. The average Bonchev–Trinajstić information content (AvgIpc) is 2.42. The Kier molecular flexibility index (Phi) is 4.25. The number of benzene rings is 1.